The summed E-state index contributed by atoms with van der Waals surface area (Å²) in [6, 6.07) is 4.26. The number of nitrogens with two attached hydrogens (primary N) is 1. The van der Waals surface area contributed by atoms with Crippen molar-refractivity contribution in [2.45, 2.75) is 24.8 Å². The maximum Gasteiger partial charge on any atom is 0.326 e. The van der Waals surface area contributed by atoms with Gasteiger partial charge in [0.15, 0.2) is 0 Å². The van der Waals surface area contributed by atoms with E-state index in [4.69, 9.17) is 15.2 Å². The zero-order valence-electron chi connectivity index (χ0n) is 12.0. The topological polar surface area (TPSA) is 105 Å². The highest BCUT2D eigenvalue weighted by Gasteiger charge is 2.49. The summed E-state index contributed by atoms with van der Waals surface area (Å²) in [4.78, 5) is 22.4. The van der Waals surface area contributed by atoms with Crippen molar-refractivity contribution in [3.8, 4) is 5.75 Å². The molecule has 1 aromatic carbocycles. The van der Waals surface area contributed by atoms with E-state index < -0.39 is 16.4 Å². The maximum absolute atomic E-state index is 12.0. The fourth-order valence-corrected chi connectivity index (χ4v) is 2.50. The lowest BCUT2D eigenvalue weighted by Gasteiger charge is -2.27. The number of hydrogen-bond donors (Lipinski definition) is 1. The Bertz CT molecular complexity index is 570. The van der Waals surface area contributed by atoms with Gasteiger partial charge in [0.25, 0.3) is 5.69 Å². The Morgan fingerprint density at radius 2 is 2.14 bits per heavy atom. The van der Waals surface area contributed by atoms with E-state index >= 15 is 0 Å². The lowest BCUT2D eigenvalue weighted by atomic mass is 9.86. The van der Waals surface area contributed by atoms with Gasteiger partial charge in [0.05, 0.1) is 19.1 Å². The van der Waals surface area contributed by atoms with Crippen molar-refractivity contribution in [1.29, 1.82) is 0 Å². The van der Waals surface area contributed by atoms with Gasteiger partial charge in [0.1, 0.15) is 11.3 Å². The fourth-order valence-electron chi connectivity index (χ4n) is 2.50. The smallest absolute Gasteiger partial charge is 0.326 e. The molecule has 1 aromatic rings. The van der Waals surface area contributed by atoms with Crippen molar-refractivity contribution in [3.63, 3.8) is 0 Å². The first-order chi connectivity index (χ1) is 9.92. The maximum atomic E-state index is 12.0. The van der Waals surface area contributed by atoms with Gasteiger partial charge in [-0.3, -0.25) is 14.9 Å². The van der Waals surface area contributed by atoms with Gasteiger partial charge in [-0.15, -0.1) is 0 Å². The first kappa shape index (κ1) is 15.2. The van der Waals surface area contributed by atoms with E-state index in [1.807, 2.05) is 0 Å². The number of carbonyl (C=O) groups is 1. The highest BCUT2D eigenvalue weighted by molar-refractivity contribution is 5.82. The first-order valence-electron chi connectivity index (χ1n) is 6.61. The number of esters is 1. The summed E-state index contributed by atoms with van der Waals surface area (Å²) in [5, 5.41) is 10.9. The van der Waals surface area contributed by atoms with Crippen molar-refractivity contribution in [2.75, 3.05) is 14.2 Å². The van der Waals surface area contributed by atoms with Gasteiger partial charge >= 0.3 is 5.97 Å². The Labute approximate surface area is 122 Å². The van der Waals surface area contributed by atoms with Crippen LogP contribution in [-0.4, -0.2) is 30.7 Å². The van der Waals surface area contributed by atoms with E-state index in [2.05, 4.69) is 0 Å². The largest absolute Gasteiger partial charge is 0.496 e. The molecule has 1 unspecified atom stereocenters. The van der Waals surface area contributed by atoms with Crippen molar-refractivity contribution in [1.82, 2.24) is 0 Å². The number of carbonyl (C=O) groups excluding carboxylic acids is 1. The summed E-state index contributed by atoms with van der Waals surface area (Å²) >= 11 is 0. The SMILES string of the molecule is COC(=O)C(N)(Cc1cc([N+](=O)[O-])ccc1OC)C1CC1. The molecule has 114 valence electrons. The second-order valence-electron chi connectivity index (χ2n) is 5.24. The zero-order valence-corrected chi connectivity index (χ0v) is 12.0. The molecule has 0 bridgehead atoms. The molecular formula is C14H18N2O5. The number of non-ortho nitro benzene ring substituents is 1. The summed E-state index contributed by atoms with van der Waals surface area (Å²) in [7, 11) is 2.76. The average molecular weight is 294 g/mol. The molecule has 1 aliphatic carbocycles. The number of nitrogens with zero attached hydrogens (tertiary/aromatic N) is 1. The predicted molar refractivity (Wildman–Crippen MR) is 75.0 cm³/mol. The van der Waals surface area contributed by atoms with Crippen LogP contribution in [0.3, 0.4) is 0 Å². The predicted octanol–water partition coefficient (Wildman–Crippen LogP) is 1.43. The number of benzene rings is 1. The Morgan fingerprint density at radius 3 is 2.62 bits per heavy atom. The molecule has 1 atom stereocenters. The molecule has 0 radical (unpaired) electrons. The van der Waals surface area contributed by atoms with E-state index in [9.17, 15) is 14.9 Å². The Morgan fingerprint density at radius 1 is 1.48 bits per heavy atom. The van der Waals surface area contributed by atoms with E-state index in [0.717, 1.165) is 12.8 Å². The van der Waals surface area contributed by atoms with Crippen LogP contribution in [0, 0.1) is 16.0 Å². The summed E-state index contributed by atoms with van der Waals surface area (Å²) in [5.74, 6) is 0.00690. The van der Waals surface area contributed by atoms with Crippen LogP contribution in [0.15, 0.2) is 18.2 Å². The molecule has 0 saturated heterocycles. The van der Waals surface area contributed by atoms with E-state index in [1.54, 1.807) is 0 Å². The highest BCUT2D eigenvalue weighted by Crippen LogP contribution is 2.42. The van der Waals surface area contributed by atoms with Crippen LogP contribution in [0.1, 0.15) is 18.4 Å². The molecule has 1 saturated carbocycles. The lowest BCUT2D eigenvalue weighted by molar-refractivity contribution is -0.384. The monoisotopic (exact) mass is 294 g/mol. The number of rotatable bonds is 6. The van der Waals surface area contributed by atoms with Crippen molar-refractivity contribution >= 4 is 11.7 Å². The van der Waals surface area contributed by atoms with Crippen LogP contribution in [-0.2, 0) is 16.0 Å². The summed E-state index contributed by atoms with van der Waals surface area (Å²) in [6.45, 7) is 0. The van der Waals surface area contributed by atoms with Crippen molar-refractivity contribution in [3.05, 3.63) is 33.9 Å². The average Bonchev–Trinajstić information content (AvgIpc) is 3.30. The van der Waals surface area contributed by atoms with Crippen LogP contribution in [0.25, 0.3) is 0 Å². The number of methoxy groups -OCH3 is 2. The van der Waals surface area contributed by atoms with Gasteiger partial charge in [-0.25, -0.2) is 0 Å². The van der Waals surface area contributed by atoms with E-state index in [0.29, 0.717) is 11.3 Å². The number of nitro groups is 1. The molecular weight excluding hydrogens is 276 g/mol. The van der Waals surface area contributed by atoms with Crippen molar-refractivity contribution in [2.24, 2.45) is 11.7 Å². The normalized spacial score (nSPS) is 16.9. The van der Waals surface area contributed by atoms with Gasteiger partial charge in [0, 0.05) is 24.1 Å². The molecule has 1 aliphatic rings. The van der Waals surface area contributed by atoms with Crippen LogP contribution >= 0.6 is 0 Å². The zero-order chi connectivity index (χ0) is 15.6. The number of hydrogen-bond acceptors (Lipinski definition) is 6. The number of nitro benzene ring substituents is 1. The minimum atomic E-state index is -1.17. The van der Waals surface area contributed by atoms with E-state index in [1.165, 1.54) is 32.4 Å². The summed E-state index contributed by atoms with van der Waals surface area (Å²) in [5.41, 5.74) is 5.54. The molecule has 0 spiro atoms. The molecule has 0 amide bonds. The van der Waals surface area contributed by atoms with Crippen LogP contribution in [0.4, 0.5) is 5.69 Å². The van der Waals surface area contributed by atoms with Crippen LogP contribution in [0.2, 0.25) is 0 Å². The van der Waals surface area contributed by atoms with Crippen LogP contribution in [0.5, 0.6) is 5.75 Å². The molecule has 0 heterocycles. The second kappa shape index (κ2) is 5.69. The third-order valence-corrected chi connectivity index (χ3v) is 3.83. The van der Waals surface area contributed by atoms with Gasteiger partial charge < -0.3 is 15.2 Å². The third kappa shape index (κ3) is 2.97. The molecule has 21 heavy (non-hydrogen) atoms. The molecule has 2 rings (SSSR count). The first-order valence-corrected chi connectivity index (χ1v) is 6.61. The Hall–Kier alpha value is -2.15. The van der Waals surface area contributed by atoms with Gasteiger partial charge in [-0.1, -0.05) is 0 Å². The quantitative estimate of drug-likeness (QED) is 0.483. The standard InChI is InChI=1S/C14H18N2O5/c1-20-12-6-5-11(16(18)19)7-9(12)8-14(15,10-3-4-10)13(17)21-2/h5-7,10H,3-4,8,15H2,1-2H3. The summed E-state index contributed by atoms with van der Waals surface area (Å²) < 4.78 is 10.0. The molecule has 0 aromatic heterocycles. The van der Waals surface area contributed by atoms with Gasteiger partial charge in [0.2, 0.25) is 0 Å². The molecule has 7 heteroatoms. The van der Waals surface area contributed by atoms with Gasteiger partial charge in [-0.2, -0.15) is 0 Å². The molecule has 2 N–H and O–H groups in total. The number of ether oxygens (including phenoxy) is 2. The highest BCUT2D eigenvalue weighted by atomic mass is 16.6. The Kier molecular flexibility index (Phi) is 4.13. The molecule has 1 fully saturated rings. The lowest BCUT2D eigenvalue weighted by Crippen LogP contribution is -2.52. The third-order valence-electron chi connectivity index (χ3n) is 3.83. The van der Waals surface area contributed by atoms with Crippen LogP contribution < -0.4 is 10.5 Å². The second-order valence-corrected chi connectivity index (χ2v) is 5.24. The molecule has 7 nitrogen and oxygen atoms in total. The summed E-state index contributed by atoms with van der Waals surface area (Å²) in [6.07, 6.45) is 1.85. The van der Waals surface area contributed by atoms with Crippen molar-refractivity contribution < 1.29 is 19.2 Å². The Balaban J connectivity index is 2.37. The van der Waals surface area contributed by atoms with E-state index in [-0.39, 0.29) is 18.0 Å². The minimum Gasteiger partial charge on any atom is -0.496 e. The minimum absolute atomic E-state index is 0.0360. The molecule has 0 aliphatic heterocycles. The van der Waals surface area contributed by atoms with Gasteiger partial charge in [-0.05, 0) is 24.8 Å². The fraction of sp³-hybridized carbons (Fsp3) is 0.500.